The minimum Gasteiger partial charge on any atom is -0.390 e. The summed E-state index contributed by atoms with van der Waals surface area (Å²) in [6.07, 6.45) is 0.482. The van der Waals surface area contributed by atoms with Crippen LogP contribution in [0.5, 0.6) is 0 Å². The van der Waals surface area contributed by atoms with E-state index in [2.05, 4.69) is 0 Å². The summed E-state index contributed by atoms with van der Waals surface area (Å²) in [5, 5.41) is 9.52. The molecule has 0 saturated carbocycles. The monoisotopic (exact) mass is 214 g/mol. The maximum atomic E-state index is 11.5. The number of likely N-dealkylation sites (N-methyl/N-ethyl adjacent to an activating group) is 1. The van der Waals surface area contributed by atoms with E-state index in [9.17, 15) is 14.7 Å². The Hall–Kier alpha value is -1.10. The van der Waals surface area contributed by atoms with E-state index in [-0.39, 0.29) is 24.9 Å². The van der Waals surface area contributed by atoms with Crippen molar-refractivity contribution in [1.82, 2.24) is 9.80 Å². The van der Waals surface area contributed by atoms with E-state index in [0.29, 0.717) is 13.0 Å². The molecule has 0 unspecified atom stereocenters. The summed E-state index contributed by atoms with van der Waals surface area (Å²) in [5.41, 5.74) is -0.799. The Labute approximate surface area is 89.7 Å². The van der Waals surface area contributed by atoms with Gasteiger partial charge in [0.25, 0.3) is 0 Å². The molecule has 1 rings (SSSR count). The maximum Gasteiger partial charge on any atom is 0.242 e. The van der Waals surface area contributed by atoms with E-state index in [1.165, 1.54) is 9.80 Å². The van der Waals surface area contributed by atoms with Crippen LogP contribution < -0.4 is 0 Å². The Bertz CT molecular complexity index is 270. The summed E-state index contributed by atoms with van der Waals surface area (Å²) < 4.78 is 0. The molecule has 5 nitrogen and oxygen atoms in total. The van der Waals surface area contributed by atoms with Crippen molar-refractivity contribution >= 4 is 11.8 Å². The third kappa shape index (κ3) is 3.51. The molecule has 0 radical (unpaired) electrons. The first-order chi connectivity index (χ1) is 6.79. The second-order valence-corrected chi connectivity index (χ2v) is 4.63. The average molecular weight is 214 g/mol. The van der Waals surface area contributed by atoms with Gasteiger partial charge in [0, 0.05) is 13.6 Å². The number of rotatable bonds is 3. The number of carbonyl (C=O) groups is 2. The second kappa shape index (κ2) is 4.18. The molecule has 1 heterocycles. The van der Waals surface area contributed by atoms with Crippen LogP contribution in [-0.4, -0.2) is 59.0 Å². The van der Waals surface area contributed by atoms with Crippen molar-refractivity contribution in [1.29, 1.82) is 0 Å². The van der Waals surface area contributed by atoms with Gasteiger partial charge in [-0.2, -0.15) is 0 Å². The highest BCUT2D eigenvalue weighted by molar-refractivity contribution is 5.92. The second-order valence-electron chi connectivity index (χ2n) is 4.63. The molecule has 5 heteroatoms. The summed E-state index contributed by atoms with van der Waals surface area (Å²) in [4.78, 5) is 25.8. The zero-order valence-corrected chi connectivity index (χ0v) is 9.49. The highest BCUT2D eigenvalue weighted by Gasteiger charge is 2.28. The molecule has 0 atom stereocenters. The van der Waals surface area contributed by atoms with Gasteiger partial charge in [-0.25, -0.2) is 0 Å². The van der Waals surface area contributed by atoms with Gasteiger partial charge in [0.1, 0.15) is 0 Å². The van der Waals surface area contributed by atoms with E-state index < -0.39 is 5.60 Å². The Kier molecular flexibility index (Phi) is 3.34. The molecule has 1 saturated heterocycles. The minimum atomic E-state index is -0.799. The van der Waals surface area contributed by atoms with Crippen LogP contribution in [0.25, 0.3) is 0 Å². The zero-order valence-electron chi connectivity index (χ0n) is 9.49. The Morgan fingerprint density at radius 2 is 1.87 bits per heavy atom. The lowest BCUT2D eigenvalue weighted by Crippen LogP contribution is -2.52. The number of aliphatic hydroxyl groups is 1. The van der Waals surface area contributed by atoms with Crippen LogP contribution in [0.4, 0.5) is 0 Å². The molecule has 0 bridgehead atoms. The quantitative estimate of drug-likeness (QED) is 0.685. The van der Waals surface area contributed by atoms with Gasteiger partial charge in [0.2, 0.25) is 11.8 Å². The summed E-state index contributed by atoms with van der Waals surface area (Å²) in [7, 11) is 1.62. The van der Waals surface area contributed by atoms with Gasteiger partial charge in [-0.1, -0.05) is 0 Å². The molecule has 2 amide bonds. The van der Waals surface area contributed by atoms with Crippen molar-refractivity contribution in [3.63, 3.8) is 0 Å². The fourth-order valence-electron chi connectivity index (χ4n) is 1.38. The SMILES string of the molecule is CN1CC(=O)N(CCC(C)(C)O)CC1=O. The number of hydrogen-bond acceptors (Lipinski definition) is 3. The lowest BCUT2D eigenvalue weighted by molar-refractivity contribution is -0.149. The first-order valence-electron chi connectivity index (χ1n) is 5.04. The summed E-state index contributed by atoms with van der Waals surface area (Å²) in [6, 6.07) is 0. The predicted molar refractivity (Wildman–Crippen MR) is 55.1 cm³/mol. The molecule has 1 fully saturated rings. The third-order valence-corrected chi connectivity index (χ3v) is 2.47. The molecule has 0 aromatic rings. The predicted octanol–water partition coefficient (Wildman–Crippen LogP) is -0.552. The average Bonchev–Trinajstić information content (AvgIpc) is 2.07. The number of amides is 2. The molecular formula is C10H18N2O3. The standard InChI is InChI=1S/C10H18N2O3/c1-10(2,15)4-5-12-7-8(13)11(3)6-9(12)14/h15H,4-7H2,1-3H3. The number of nitrogens with zero attached hydrogens (tertiary/aromatic N) is 2. The number of carbonyl (C=O) groups excluding carboxylic acids is 2. The fourth-order valence-corrected chi connectivity index (χ4v) is 1.38. The normalized spacial score (nSPS) is 18.7. The molecule has 0 aromatic heterocycles. The molecule has 1 N–H and O–H groups in total. The molecule has 0 aromatic carbocycles. The summed E-state index contributed by atoms with van der Waals surface area (Å²) >= 11 is 0. The topological polar surface area (TPSA) is 60.9 Å². The Morgan fingerprint density at radius 1 is 1.27 bits per heavy atom. The lowest BCUT2D eigenvalue weighted by atomic mass is 10.1. The first-order valence-corrected chi connectivity index (χ1v) is 5.04. The molecule has 1 aliphatic rings. The van der Waals surface area contributed by atoms with Crippen LogP contribution in [0.2, 0.25) is 0 Å². The van der Waals surface area contributed by atoms with Crippen molar-refractivity contribution in [2.75, 3.05) is 26.7 Å². The van der Waals surface area contributed by atoms with E-state index >= 15 is 0 Å². The molecule has 0 aliphatic carbocycles. The van der Waals surface area contributed by atoms with Crippen LogP contribution in [0.15, 0.2) is 0 Å². The molecule has 1 aliphatic heterocycles. The van der Waals surface area contributed by atoms with Crippen LogP contribution in [0.1, 0.15) is 20.3 Å². The Morgan fingerprint density at radius 3 is 2.40 bits per heavy atom. The Balaban J connectivity index is 2.49. The van der Waals surface area contributed by atoms with Crippen molar-refractivity contribution in [2.24, 2.45) is 0 Å². The fraction of sp³-hybridized carbons (Fsp3) is 0.800. The van der Waals surface area contributed by atoms with E-state index in [1.54, 1.807) is 20.9 Å². The summed E-state index contributed by atoms with van der Waals surface area (Å²) in [5.74, 6) is -0.105. The molecular weight excluding hydrogens is 196 g/mol. The number of hydrogen-bond donors (Lipinski definition) is 1. The highest BCUT2D eigenvalue weighted by Crippen LogP contribution is 2.10. The van der Waals surface area contributed by atoms with Gasteiger partial charge in [-0.05, 0) is 20.3 Å². The zero-order chi connectivity index (χ0) is 11.6. The molecule has 15 heavy (non-hydrogen) atoms. The molecule has 0 spiro atoms. The lowest BCUT2D eigenvalue weighted by Gasteiger charge is -2.33. The van der Waals surface area contributed by atoms with Crippen molar-refractivity contribution in [3.8, 4) is 0 Å². The van der Waals surface area contributed by atoms with E-state index in [1.807, 2.05) is 0 Å². The van der Waals surface area contributed by atoms with Crippen LogP contribution in [0.3, 0.4) is 0 Å². The van der Waals surface area contributed by atoms with Gasteiger partial charge in [0.05, 0.1) is 18.7 Å². The largest absolute Gasteiger partial charge is 0.390 e. The molecule has 86 valence electrons. The van der Waals surface area contributed by atoms with Crippen LogP contribution in [-0.2, 0) is 9.59 Å². The van der Waals surface area contributed by atoms with E-state index in [0.717, 1.165) is 0 Å². The van der Waals surface area contributed by atoms with Crippen molar-refractivity contribution < 1.29 is 14.7 Å². The third-order valence-electron chi connectivity index (χ3n) is 2.47. The van der Waals surface area contributed by atoms with Crippen LogP contribution >= 0.6 is 0 Å². The highest BCUT2D eigenvalue weighted by atomic mass is 16.3. The summed E-state index contributed by atoms with van der Waals surface area (Å²) in [6.45, 7) is 4.09. The van der Waals surface area contributed by atoms with Crippen molar-refractivity contribution in [2.45, 2.75) is 25.9 Å². The van der Waals surface area contributed by atoms with Gasteiger partial charge >= 0.3 is 0 Å². The van der Waals surface area contributed by atoms with E-state index in [4.69, 9.17) is 0 Å². The maximum absolute atomic E-state index is 11.5. The van der Waals surface area contributed by atoms with Gasteiger partial charge in [-0.3, -0.25) is 9.59 Å². The van der Waals surface area contributed by atoms with Crippen LogP contribution in [0, 0.1) is 0 Å². The smallest absolute Gasteiger partial charge is 0.242 e. The van der Waals surface area contributed by atoms with Gasteiger partial charge in [-0.15, -0.1) is 0 Å². The van der Waals surface area contributed by atoms with Crippen molar-refractivity contribution in [3.05, 3.63) is 0 Å². The minimum absolute atomic E-state index is 0.0506. The first kappa shape index (κ1) is 12.0. The van der Waals surface area contributed by atoms with Gasteiger partial charge in [0.15, 0.2) is 0 Å². The van der Waals surface area contributed by atoms with Gasteiger partial charge < -0.3 is 14.9 Å². The number of piperazine rings is 1.